The predicted molar refractivity (Wildman–Crippen MR) is 93.9 cm³/mol. The maximum absolute atomic E-state index is 11.1. The molecule has 0 saturated carbocycles. The molecule has 1 atom stereocenters. The summed E-state index contributed by atoms with van der Waals surface area (Å²) in [6.07, 6.45) is 4.87. The first-order valence-electron chi connectivity index (χ1n) is 8.91. The molecule has 1 aromatic heterocycles. The van der Waals surface area contributed by atoms with Crippen molar-refractivity contribution in [2.45, 2.75) is 31.8 Å². The van der Waals surface area contributed by atoms with Crippen molar-refractivity contribution < 1.29 is 5.11 Å². The number of β-amino-alcohol motifs (C(OH)–C–C–N with tert-alkyl or cyclic N) is 1. The Balaban J connectivity index is 1.62. The Hall–Kier alpha value is -1.17. The summed E-state index contributed by atoms with van der Waals surface area (Å²) < 4.78 is 0. The highest BCUT2D eigenvalue weighted by atomic mass is 16.3. The second-order valence-corrected chi connectivity index (χ2v) is 7.19. The summed E-state index contributed by atoms with van der Waals surface area (Å²) in [5.74, 6) is 0. The molecule has 0 aliphatic carbocycles. The van der Waals surface area contributed by atoms with E-state index < -0.39 is 5.60 Å². The van der Waals surface area contributed by atoms with Crippen LogP contribution in [0.3, 0.4) is 0 Å². The zero-order chi connectivity index (χ0) is 16.3. The van der Waals surface area contributed by atoms with E-state index in [4.69, 9.17) is 0 Å². The van der Waals surface area contributed by atoms with Crippen molar-refractivity contribution in [3.05, 3.63) is 24.0 Å². The Bertz CT molecular complexity index is 498. The zero-order valence-corrected chi connectivity index (χ0v) is 14.5. The molecule has 3 heterocycles. The number of nitrogens with zero attached hydrogens (tertiary/aromatic N) is 4. The van der Waals surface area contributed by atoms with Gasteiger partial charge < -0.3 is 14.9 Å². The van der Waals surface area contributed by atoms with Gasteiger partial charge in [0, 0.05) is 51.5 Å². The van der Waals surface area contributed by atoms with E-state index in [0.29, 0.717) is 6.54 Å². The second-order valence-electron chi connectivity index (χ2n) is 7.19. The molecule has 3 rings (SSSR count). The smallest absolute Gasteiger partial charge is 0.0948 e. The van der Waals surface area contributed by atoms with E-state index >= 15 is 0 Å². The molecule has 2 fully saturated rings. The fraction of sp³-hybridized carbons (Fsp3) is 0.722. The van der Waals surface area contributed by atoms with Gasteiger partial charge in [-0.05, 0) is 38.4 Å². The fourth-order valence-electron chi connectivity index (χ4n) is 3.70. The summed E-state index contributed by atoms with van der Waals surface area (Å²) in [6.45, 7) is 8.96. The van der Waals surface area contributed by atoms with Crippen LogP contribution in [0.5, 0.6) is 0 Å². The summed E-state index contributed by atoms with van der Waals surface area (Å²) in [4.78, 5) is 11.6. The van der Waals surface area contributed by atoms with Crippen LogP contribution in [0.1, 0.15) is 25.5 Å². The topological polar surface area (TPSA) is 42.8 Å². The van der Waals surface area contributed by atoms with Gasteiger partial charge in [-0.15, -0.1) is 0 Å². The molecule has 0 amide bonds. The Kier molecular flexibility index (Phi) is 5.19. The van der Waals surface area contributed by atoms with Crippen LogP contribution in [-0.4, -0.2) is 78.4 Å². The second kappa shape index (κ2) is 7.16. The third-order valence-corrected chi connectivity index (χ3v) is 5.21. The van der Waals surface area contributed by atoms with Crippen molar-refractivity contribution in [2.75, 3.05) is 57.8 Å². The summed E-state index contributed by atoms with van der Waals surface area (Å²) in [5, 5.41) is 11.1. The van der Waals surface area contributed by atoms with Gasteiger partial charge in [-0.3, -0.25) is 9.88 Å². The maximum atomic E-state index is 11.1. The number of piperidine rings is 1. The Morgan fingerprint density at radius 3 is 2.61 bits per heavy atom. The molecule has 2 aliphatic rings. The van der Waals surface area contributed by atoms with Crippen LogP contribution >= 0.6 is 0 Å². The molecule has 2 saturated heterocycles. The number of aliphatic hydroxyl groups is 1. The molecule has 0 bridgehead atoms. The number of aromatic nitrogens is 1. The van der Waals surface area contributed by atoms with E-state index in [2.05, 4.69) is 45.8 Å². The minimum Gasteiger partial charge on any atom is -0.387 e. The van der Waals surface area contributed by atoms with E-state index in [9.17, 15) is 5.11 Å². The Morgan fingerprint density at radius 1 is 1.17 bits per heavy atom. The van der Waals surface area contributed by atoms with Crippen LogP contribution in [0, 0.1) is 0 Å². The summed E-state index contributed by atoms with van der Waals surface area (Å²) >= 11 is 0. The van der Waals surface area contributed by atoms with Crippen LogP contribution < -0.4 is 4.90 Å². The lowest BCUT2D eigenvalue weighted by atomic mass is 9.91. The van der Waals surface area contributed by atoms with Crippen LogP contribution in [0.2, 0.25) is 0 Å². The molecule has 0 radical (unpaired) electrons. The van der Waals surface area contributed by atoms with Crippen molar-refractivity contribution in [3.8, 4) is 0 Å². The number of anilines is 1. The quantitative estimate of drug-likeness (QED) is 0.904. The molecule has 2 aliphatic heterocycles. The lowest BCUT2D eigenvalue weighted by Crippen LogP contribution is -2.57. The van der Waals surface area contributed by atoms with Crippen LogP contribution in [-0.2, 0) is 6.42 Å². The minimum atomic E-state index is -0.600. The number of likely N-dealkylation sites (N-methyl/N-ethyl adjacent to an activating group) is 1. The summed E-state index contributed by atoms with van der Waals surface area (Å²) in [5.41, 5.74) is 1.66. The Morgan fingerprint density at radius 2 is 1.96 bits per heavy atom. The van der Waals surface area contributed by atoms with Crippen molar-refractivity contribution >= 4 is 5.69 Å². The number of pyridine rings is 1. The molecule has 1 N–H and O–H groups in total. The first-order chi connectivity index (χ1) is 11.1. The molecule has 128 valence electrons. The highest BCUT2D eigenvalue weighted by Gasteiger charge is 2.35. The summed E-state index contributed by atoms with van der Waals surface area (Å²) in [7, 11) is 2.17. The molecule has 1 aromatic rings. The van der Waals surface area contributed by atoms with Crippen LogP contribution in [0.4, 0.5) is 5.69 Å². The number of piperazine rings is 1. The third kappa shape index (κ3) is 4.22. The highest BCUT2D eigenvalue weighted by Crippen LogP contribution is 2.27. The van der Waals surface area contributed by atoms with E-state index in [-0.39, 0.29) is 0 Å². The van der Waals surface area contributed by atoms with Gasteiger partial charge in [0.05, 0.1) is 17.5 Å². The third-order valence-electron chi connectivity index (χ3n) is 5.21. The maximum Gasteiger partial charge on any atom is 0.0948 e. The van der Waals surface area contributed by atoms with Crippen molar-refractivity contribution in [1.29, 1.82) is 0 Å². The van der Waals surface area contributed by atoms with Gasteiger partial charge in [-0.1, -0.05) is 6.92 Å². The predicted octanol–water partition coefficient (Wildman–Crippen LogP) is 1.22. The van der Waals surface area contributed by atoms with Crippen LogP contribution in [0.15, 0.2) is 18.3 Å². The first kappa shape index (κ1) is 16.7. The molecule has 0 aromatic carbocycles. The number of hydrogen-bond acceptors (Lipinski definition) is 5. The average molecular weight is 318 g/mol. The first-order valence-corrected chi connectivity index (χ1v) is 8.91. The van der Waals surface area contributed by atoms with Crippen molar-refractivity contribution in [2.24, 2.45) is 0 Å². The normalized spacial score (nSPS) is 27.3. The van der Waals surface area contributed by atoms with Gasteiger partial charge in [0.15, 0.2) is 0 Å². The lowest BCUT2D eigenvalue weighted by molar-refractivity contribution is -0.0172. The van der Waals surface area contributed by atoms with Crippen molar-refractivity contribution in [1.82, 2.24) is 14.8 Å². The monoisotopic (exact) mass is 318 g/mol. The molecule has 0 spiro atoms. The summed E-state index contributed by atoms with van der Waals surface area (Å²) in [6, 6.07) is 4.25. The average Bonchev–Trinajstić information content (AvgIpc) is 2.57. The van der Waals surface area contributed by atoms with Gasteiger partial charge >= 0.3 is 0 Å². The molecule has 0 unspecified atom stereocenters. The fourth-order valence-corrected chi connectivity index (χ4v) is 3.70. The number of rotatable bonds is 4. The van der Waals surface area contributed by atoms with E-state index in [1.807, 2.05) is 6.20 Å². The van der Waals surface area contributed by atoms with Gasteiger partial charge in [-0.25, -0.2) is 0 Å². The Labute approximate surface area is 139 Å². The van der Waals surface area contributed by atoms with Gasteiger partial charge in [-0.2, -0.15) is 0 Å². The van der Waals surface area contributed by atoms with E-state index in [1.165, 1.54) is 0 Å². The molecule has 23 heavy (non-hydrogen) atoms. The van der Waals surface area contributed by atoms with Crippen molar-refractivity contribution in [3.63, 3.8) is 0 Å². The zero-order valence-electron chi connectivity index (χ0n) is 14.5. The molecular weight excluding hydrogens is 288 g/mol. The van der Waals surface area contributed by atoms with Gasteiger partial charge in [0.25, 0.3) is 0 Å². The van der Waals surface area contributed by atoms with Gasteiger partial charge in [0.2, 0.25) is 0 Å². The standard InChI is InChI=1S/C18H30N4O/c1-3-16-5-6-17(13-19-16)22-8-4-7-18(23,15-22)14-21-11-9-20(2)10-12-21/h5-6,13,23H,3-4,7-12,14-15H2,1-2H3/t18-/m0/s1. The largest absolute Gasteiger partial charge is 0.387 e. The number of hydrogen-bond donors (Lipinski definition) is 1. The molecule has 5 heteroatoms. The highest BCUT2D eigenvalue weighted by molar-refractivity contribution is 5.45. The lowest BCUT2D eigenvalue weighted by Gasteiger charge is -2.44. The van der Waals surface area contributed by atoms with Gasteiger partial charge in [0.1, 0.15) is 0 Å². The minimum absolute atomic E-state index is 0.600. The van der Waals surface area contributed by atoms with Crippen LogP contribution in [0.25, 0.3) is 0 Å². The van der Waals surface area contributed by atoms with E-state index in [1.54, 1.807) is 0 Å². The SMILES string of the molecule is CCc1ccc(N2CCC[C@](O)(CN3CCN(C)CC3)C2)cn1. The molecule has 5 nitrogen and oxygen atoms in total. The number of aryl methyl sites for hydroxylation is 1. The van der Waals surface area contributed by atoms with E-state index in [0.717, 1.165) is 69.9 Å². The molecular formula is C18H30N4O.